The van der Waals surface area contributed by atoms with Crippen LogP contribution in [0.25, 0.3) is 10.9 Å². The van der Waals surface area contributed by atoms with Gasteiger partial charge in [-0.2, -0.15) is 0 Å². The van der Waals surface area contributed by atoms with Crippen LogP contribution in [0.1, 0.15) is 38.5 Å². The van der Waals surface area contributed by atoms with Gasteiger partial charge in [-0.3, -0.25) is 4.98 Å². The molecule has 1 fully saturated rings. The number of phenols is 1. The van der Waals surface area contributed by atoms with Gasteiger partial charge in [-0.1, -0.05) is 25.7 Å². The summed E-state index contributed by atoms with van der Waals surface area (Å²) < 4.78 is 16.4. The van der Waals surface area contributed by atoms with Crippen LogP contribution in [-0.2, 0) is 9.47 Å². The zero-order valence-corrected chi connectivity index (χ0v) is 18.0. The number of benzene rings is 1. The molecule has 2 aromatic rings. The van der Waals surface area contributed by atoms with Crippen molar-refractivity contribution < 1.29 is 39.7 Å². The molecule has 0 bridgehead atoms. The summed E-state index contributed by atoms with van der Waals surface area (Å²) in [5, 5.41) is 49.3. The van der Waals surface area contributed by atoms with E-state index in [4.69, 9.17) is 14.2 Å². The standard InChI is InChI=1S/C23H33NO8/c25-14-19-20(27)22(21(28)23(29)32-19)31-12-6-4-2-1-3-5-11-30-18-9-10-24-17-13-15(26)7-8-16(17)18/h7-10,13,19-23,25-29H,1-6,11-12,14H2/t19-,20-,21-,22+,23?/m1/s1. The molecule has 178 valence electrons. The third kappa shape index (κ3) is 6.50. The number of fused-ring (bicyclic) bond motifs is 1. The van der Waals surface area contributed by atoms with E-state index in [9.17, 15) is 25.5 Å². The first-order valence-electron chi connectivity index (χ1n) is 11.1. The number of ether oxygens (including phenoxy) is 3. The van der Waals surface area contributed by atoms with Crippen molar-refractivity contribution in [1.29, 1.82) is 0 Å². The minimum atomic E-state index is -1.49. The Kier molecular flexibility index (Phi) is 9.46. The molecule has 9 nitrogen and oxygen atoms in total. The van der Waals surface area contributed by atoms with Gasteiger partial charge in [0.05, 0.1) is 18.7 Å². The molecule has 0 saturated carbocycles. The molecule has 32 heavy (non-hydrogen) atoms. The highest BCUT2D eigenvalue weighted by molar-refractivity contribution is 5.85. The van der Waals surface area contributed by atoms with Crippen molar-refractivity contribution >= 4 is 10.9 Å². The normalized spacial score (nSPS) is 25.8. The fourth-order valence-electron chi connectivity index (χ4n) is 3.81. The van der Waals surface area contributed by atoms with Crippen LogP contribution in [0.2, 0.25) is 0 Å². The van der Waals surface area contributed by atoms with E-state index in [-0.39, 0.29) is 5.75 Å². The maximum atomic E-state index is 10.1. The molecule has 0 amide bonds. The van der Waals surface area contributed by atoms with Crippen LogP contribution in [0.3, 0.4) is 0 Å². The van der Waals surface area contributed by atoms with Crippen LogP contribution >= 0.6 is 0 Å². The Hall–Kier alpha value is -2.01. The first kappa shape index (κ1) is 24.6. The van der Waals surface area contributed by atoms with Gasteiger partial charge in [-0.05, 0) is 31.0 Å². The summed E-state index contributed by atoms with van der Waals surface area (Å²) in [6, 6.07) is 6.87. The van der Waals surface area contributed by atoms with Gasteiger partial charge >= 0.3 is 0 Å². The lowest BCUT2D eigenvalue weighted by atomic mass is 9.99. The molecule has 0 aliphatic carbocycles. The zero-order chi connectivity index (χ0) is 22.9. The Balaban J connectivity index is 1.26. The second-order valence-electron chi connectivity index (χ2n) is 8.04. The maximum Gasteiger partial charge on any atom is 0.184 e. The summed E-state index contributed by atoms with van der Waals surface area (Å²) in [6.45, 7) is 0.490. The maximum absolute atomic E-state index is 10.1. The largest absolute Gasteiger partial charge is 0.508 e. The van der Waals surface area contributed by atoms with Crippen molar-refractivity contribution in [2.24, 2.45) is 0 Å². The molecule has 1 aliphatic rings. The third-order valence-electron chi connectivity index (χ3n) is 5.63. The minimum absolute atomic E-state index is 0.180. The molecule has 1 aromatic heterocycles. The van der Waals surface area contributed by atoms with Gasteiger partial charge < -0.3 is 39.7 Å². The first-order chi connectivity index (χ1) is 15.5. The Morgan fingerprint density at radius 3 is 2.38 bits per heavy atom. The third-order valence-corrected chi connectivity index (χ3v) is 5.63. The molecule has 9 heteroatoms. The van der Waals surface area contributed by atoms with Crippen molar-refractivity contribution in [2.75, 3.05) is 19.8 Å². The van der Waals surface area contributed by atoms with Gasteiger partial charge in [0.2, 0.25) is 0 Å². The summed E-state index contributed by atoms with van der Waals surface area (Å²) in [4.78, 5) is 4.24. The molecule has 5 N–H and O–H groups in total. The fourth-order valence-corrected chi connectivity index (χ4v) is 3.81. The number of nitrogens with zero attached hydrogens (tertiary/aromatic N) is 1. The molecule has 2 heterocycles. The smallest absolute Gasteiger partial charge is 0.184 e. The Labute approximate surface area is 187 Å². The van der Waals surface area contributed by atoms with Gasteiger partial charge in [0.25, 0.3) is 0 Å². The molecule has 5 atom stereocenters. The summed E-state index contributed by atoms with van der Waals surface area (Å²) in [5.74, 6) is 0.942. The molecule has 1 aromatic carbocycles. The predicted octanol–water partition coefficient (Wildman–Crippen LogP) is 1.48. The summed E-state index contributed by atoms with van der Waals surface area (Å²) in [5.41, 5.74) is 0.701. The molecule has 3 rings (SSSR count). The number of aromatic nitrogens is 1. The SMILES string of the molecule is OC[C@H]1OC(O)[C@H](O)[C@@H](OCCCCCCCCOc2ccnc3cc(O)ccc23)[C@@H]1O. The number of unbranched alkanes of at least 4 members (excludes halogenated alkanes) is 5. The number of pyridine rings is 1. The van der Waals surface area contributed by atoms with E-state index in [1.165, 1.54) is 0 Å². The molecular weight excluding hydrogens is 418 g/mol. The van der Waals surface area contributed by atoms with E-state index in [0.29, 0.717) is 18.7 Å². The van der Waals surface area contributed by atoms with Crippen molar-refractivity contribution in [1.82, 2.24) is 4.98 Å². The van der Waals surface area contributed by atoms with Gasteiger partial charge in [0.1, 0.15) is 35.9 Å². The number of hydrogen-bond acceptors (Lipinski definition) is 9. The number of phenolic OH excluding ortho intramolecular Hbond substituents is 1. The second kappa shape index (κ2) is 12.3. The zero-order valence-electron chi connectivity index (χ0n) is 18.0. The molecule has 1 unspecified atom stereocenters. The van der Waals surface area contributed by atoms with Crippen LogP contribution in [0.4, 0.5) is 0 Å². The van der Waals surface area contributed by atoms with Crippen LogP contribution in [0, 0.1) is 0 Å². The number of hydrogen-bond donors (Lipinski definition) is 5. The van der Waals surface area contributed by atoms with Crippen LogP contribution in [-0.4, -0.2) is 81.0 Å². The monoisotopic (exact) mass is 451 g/mol. The van der Waals surface area contributed by atoms with E-state index in [1.807, 2.05) is 6.07 Å². The van der Waals surface area contributed by atoms with Crippen molar-refractivity contribution in [2.45, 2.75) is 69.2 Å². The molecule has 1 saturated heterocycles. The molecule has 0 radical (unpaired) electrons. The van der Waals surface area contributed by atoms with Crippen molar-refractivity contribution in [3.63, 3.8) is 0 Å². The number of rotatable bonds is 12. The Morgan fingerprint density at radius 1 is 0.906 bits per heavy atom. The predicted molar refractivity (Wildman–Crippen MR) is 116 cm³/mol. The lowest BCUT2D eigenvalue weighted by Gasteiger charge is -2.39. The van der Waals surface area contributed by atoms with Gasteiger partial charge in [0, 0.05) is 24.3 Å². The lowest BCUT2D eigenvalue weighted by Crippen LogP contribution is -2.59. The number of aliphatic hydroxyl groups is 4. The van der Waals surface area contributed by atoms with Gasteiger partial charge in [-0.15, -0.1) is 0 Å². The van der Waals surface area contributed by atoms with E-state index in [0.717, 1.165) is 49.7 Å². The van der Waals surface area contributed by atoms with Gasteiger partial charge in [0.15, 0.2) is 6.29 Å². The fraction of sp³-hybridized carbons (Fsp3) is 0.609. The summed E-state index contributed by atoms with van der Waals surface area (Å²) in [7, 11) is 0. The van der Waals surface area contributed by atoms with Crippen LogP contribution in [0.15, 0.2) is 30.5 Å². The highest BCUT2D eigenvalue weighted by Crippen LogP contribution is 2.27. The van der Waals surface area contributed by atoms with Crippen molar-refractivity contribution in [3.8, 4) is 11.5 Å². The van der Waals surface area contributed by atoms with Crippen LogP contribution in [0.5, 0.6) is 11.5 Å². The average Bonchev–Trinajstić information content (AvgIpc) is 2.79. The Bertz CT molecular complexity index is 835. The molecular formula is C23H33NO8. The quantitative estimate of drug-likeness (QED) is 0.303. The number of aromatic hydroxyl groups is 1. The molecule has 1 aliphatic heterocycles. The highest BCUT2D eigenvalue weighted by Gasteiger charge is 2.44. The summed E-state index contributed by atoms with van der Waals surface area (Å²) in [6.07, 6.45) is 1.44. The number of aliphatic hydroxyl groups excluding tert-OH is 4. The van der Waals surface area contributed by atoms with E-state index in [2.05, 4.69) is 4.98 Å². The van der Waals surface area contributed by atoms with Crippen molar-refractivity contribution in [3.05, 3.63) is 30.5 Å². The van der Waals surface area contributed by atoms with Crippen LogP contribution < -0.4 is 4.74 Å². The van der Waals surface area contributed by atoms with E-state index < -0.39 is 37.3 Å². The summed E-state index contributed by atoms with van der Waals surface area (Å²) >= 11 is 0. The Morgan fingerprint density at radius 2 is 1.62 bits per heavy atom. The van der Waals surface area contributed by atoms with Gasteiger partial charge in [-0.25, -0.2) is 0 Å². The van der Waals surface area contributed by atoms with E-state index >= 15 is 0 Å². The topological polar surface area (TPSA) is 142 Å². The second-order valence-corrected chi connectivity index (χ2v) is 8.04. The minimum Gasteiger partial charge on any atom is -0.508 e. The first-order valence-corrected chi connectivity index (χ1v) is 11.1. The van der Waals surface area contributed by atoms with E-state index in [1.54, 1.807) is 24.4 Å². The lowest BCUT2D eigenvalue weighted by molar-refractivity contribution is -0.294. The average molecular weight is 452 g/mol. The highest BCUT2D eigenvalue weighted by atomic mass is 16.6. The molecule has 0 spiro atoms.